The van der Waals surface area contributed by atoms with Crippen molar-refractivity contribution in [3.63, 3.8) is 0 Å². The molecule has 0 bridgehead atoms. The third kappa shape index (κ3) is 2.63. The predicted octanol–water partition coefficient (Wildman–Crippen LogP) is 1.34. The van der Waals surface area contributed by atoms with E-state index in [-0.39, 0.29) is 6.04 Å². The normalized spacial score (nSPS) is 20.9. The number of nitrogens with zero attached hydrogens (tertiary/aromatic N) is 1. The second kappa shape index (κ2) is 5.52. The topological polar surface area (TPSA) is 49.4 Å². The molecule has 0 spiro atoms. The molecule has 0 aromatic heterocycles. The quantitative estimate of drug-likeness (QED) is 0.910. The van der Waals surface area contributed by atoms with Crippen LogP contribution in [-0.4, -0.2) is 38.9 Å². The van der Waals surface area contributed by atoms with Gasteiger partial charge in [-0.05, 0) is 32.0 Å². The number of sulfonamides is 1. The summed E-state index contributed by atoms with van der Waals surface area (Å²) in [7, 11) is -2.26. The third-order valence-electron chi connectivity index (χ3n) is 3.27. The highest BCUT2D eigenvalue weighted by Gasteiger charge is 2.36. The standard InChI is InChI=1S/C12H16F2N2O2S/c1-15-8-9-4-3-7-16(9)19(17,18)11-6-2-5-10(13)12(11)14/h2,5-6,9,15H,3-4,7-8H2,1H3. The Balaban J connectivity index is 2.39. The van der Waals surface area contributed by atoms with E-state index in [0.29, 0.717) is 13.1 Å². The maximum atomic E-state index is 13.7. The summed E-state index contributed by atoms with van der Waals surface area (Å²) in [5.41, 5.74) is 0. The van der Waals surface area contributed by atoms with Crippen molar-refractivity contribution in [3.05, 3.63) is 29.8 Å². The van der Waals surface area contributed by atoms with Crippen molar-refractivity contribution in [3.8, 4) is 0 Å². The van der Waals surface area contributed by atoms with E-state index < -0.39 is 26.6 Å². The molecule has 0 radical (unpaired) electrons. The molecule has 1 aliphatic heterocycles. The molecule has 106 valence electrons. The summed E-state index contributed by atoms with van der Waals surface area (Å²) in [5.74, 6) is -2.46. The highest BCUT2D eigenvalue weighted by atomic mass is 32.2. The van der Waals surface area contributed by atoms with Crippen molar-refractivity contribution in [2.24, 2.45) is 0 Å². The lowest BCUT2D eigenvalue weighted by Gasteiger charge is -2.24. The maximum Gasteiger partial charge on any atom is 0.246 e. The van der Waals surface area contributed by atoms with Gasteiger partial charge >= 0.3 is 0 Å². The molecule has 0 amide bonds. The summed E-state index contributed by atoms with van der Waals surface area (Å²) in [4.78, 5) is -0.587. The second-order valence-electron chi connectivity index (χ2n) is 4.52. The van der Waals surface area contributed by atoms with Gasteiger partial charge in [-0.15, -0.1) is 0 Å². The lowest BCUT2D eigenvalue weighted by atomic mass is 10.2. The first-order chi connectivity index (χ1) is 8.98. The number of nitrogens with one attached hydrogen (secondary N) is 1. The summed E-state index contributed by atoms with van der Waals surface area (Å²) < 4.78 is 52.9. The van der Waals surface area contributed by atoms with Crippen LogP contribution in [0.3, 0.4) is 0 Å². The van der Waals surface area contributed by atoms with Gasteiger partial charge in [-0.25, -0.2) is 17.2 Å². The van der Waals surface area contributed by atoms with Gasteiger partial charge in [-0.1, -0.05) is 6.07 Å². The molecule has 1 atom stereocenters. The molecule has 19 heavy (non-hydrogen) atoms. The summed E-state index contributed by atoms with van der Waals surface area (Å²) in [6.07, 6.45) is 1.44. The summed E-state index contributed by atoms with van der Waals surface area (Å²) >= 11 is 0. The Kier molecular flexibility index (Phi) is 4.17. The van der Waals surface area contributed by atoms with Gasteiger partial charge in [0.25, 0.3) is 0 Å². The summed E-state index contributed by atoms with van der Waals surface area (Å²) in [6.45, 7) is 0.834. The average molecular weight is 290 g/mol. The van der Waals surface area contributed by atoms with Crippen LogP contribution in [0.1, 0.15) is 12.8 Å². The van der Waals surface area contributed by atoms with Crippen molar-refractivity contribution in [1.82, 2.24) is 9.62 Å². The van der Waals surface area contributed by atoms with E-state index in [9.17, 15) is 17.2 Å². The number of halogens is 2. The third-order valence-corrected chi connectivity index (χ3v) is 5.23. The summed E-state index contributed by atoms with van der Waals surface area (Å²) in [5, 5.41) is 2.92. The van der Waals surface area contributed by atoms with E-state index in [1.807, 2.05) is 0 Å². The van der Waals surface area contributed by atoms with Gasteiger partial charge in [0, 0.05) is 19.1 Å². The Morgan fingerprint density at radius 3 is 2.84 bits per heavy atom. The zero-order valence-electron chi connectivity index (χ0n) is 10.6. The SMILES string of the molecule is CNCC1CCCN1S(=O)(=O)c1cccc(F)c1F. The van der Waals surface area contributed by atoms with Crippen LogP contribution < -0.4 is 5.32 Å². The van der Waals surface area contributed by atoms with Crippen molar-refractivity contribution in [2.75, 3.05) is 20.1 Å². The van der Waals surface area contributed by atoms with Crippen molar-refractivity contribution in [1.29, 1.82) is 0 Å². The molecule has 1 aromatic carbocycles. The van der Waals surface area contributed by atoms with E-state index in [4.69, 9.17) is 0 Å². The number of likely N-dealkylation sites (N-methyl/N-ethyl adjacent to an activating group) is 1. The highest BCUT2D eigenvalue weighted by molar-refractivity contribution is 7.89. The lowest BCUT2D eigenvalue weighted by Crippen LogP contribution is -2.41. The van der Waals surface area contributed by atoms with Gasteiger partial charge < -0.3 is 5.32 Å². The molecule has 1 aromatic rings. The minimum Gasteiger partial charge on any atom is -0.318 e. The molecular formula is C12H16F2N2O2S. The Morgan fingerprint density at radius 2 is 2.16 bits per heavy atom. The molecule has 4 nitrogen and oxygen atoms in total. The van der Waals surface area contributed by atoms with E-state index in [1.165, 1.54) is 10.4 Å². The smallest absolute Gasteiger partial charge is 0.246 e. The summed E-state index contributed by atoms with van der Waals surface area (Å²) in [6, 6.07) is 3.00. The maximum absolute atomic E-state index is 13.7. The van der Waals surface area contributed by atoms with E-state index in [2.05, 4.69) is 5.32 Å². The van der Waals surface area contributed by atoms with Gasteiger partial charge in [-0.3, -0.25) is 0 Å². The molecular weight excluding hydrogens is 274 g/mol. The zero-order valence-corrected chi connectivity index (χ0v) is 11.4. The van der Waals surface area contributed by atoms with Crippen molar-refractivity contribution >= 4 is 10.0 Å². The molecule has 7 heteroatoms. The molecule has 2 rings (SSSR count). The van der Waals surface area contributed by atoms with Crippen LogP contribution in [-0.2, 0) is 10.0 Å². The first kappa shape index (κ1) is 14.4. The first-order valence-electron chi connectivity index (χ1n) is 6.09. The van der Waals surface area contributed by atoms with E-state index >= 15 is 0 Å². The molecule has 0 aliphatic carbocycles. The van der Waals surface area contributed by atoms with Crippen LogP contribution in [0.5, 0.6) is 0 Å². The van der Waals surface area contributed by atoms with Crippen LogP contribution >= 0.6 is 0 Å². The molecule has 1 fully saturated rings. The average Bonchev–Trinajstić information content (AvgIpc) is 2.82. The monoisotopic (exact) mass is 290 g/mol. The van der Waals surface area contributed by atoms with Gasteiger partial charge in [0.1, 0.15) is 4.90 Å². The fourth-order valence-electron chi connectivity index (χ4n) is 2.37. The van der Waals surface area contributed by atoms with Gasteiger partial charge in [-0.2, -0.15) is 4.31 Å². The van der Waals surface area contributed by atoms with Crippen LogP contribution in [0.2, 0.25) is 0 Å². The Morgan fingerprint density at radius 1 is 1.42 bits per heavy atom. The first-order valence-corrected chi connectivity index (χ1v) is 7.53. The van der Waals surface area contributed by atoms with Crippen molar-refractivity contribution in [2.45, 2.75) is 23.8 Å². The highest BCUT2D eigenvalue weighted by Crippen LogP contribution is 2.27. The minimum atomic E-state index is -3.98. The predicted molar refractivity (Wildman–Crippen MR) is 67.2 cm³/mol. The van der Waals surface area contributed by atoms with Crippen LogP contribution in [0.25, 0.3) is 0 Å². The van der Waals surface area contributed by atoms with Gasteiger partial charge in [0.15, 0.2) is 11.6 Å². The Bertz CT molecular complexity index is 563. The Labute approximate surface area is 111 Å². The molecule has 0 saturated carbocycles. The zero-order chi connectivity index (χ0) is 14.0. The lowest BCUT2D eigenvalue weighted by molar-refractivity contribution is 0.375. The molecule has 1 aliphatic rings. The van der Waals surface area contributed by atoms with Gasteiger partial charge in [0.05, 0.1) is 0 Å². The second-order valence-corrected chi connectivity index (χ2v) is 6.38. The number of benzene rings is 1. The number of hydrogen-bond acceptors (Lipinski definition) is 3. The van der Waals surface area contributed by atoms with Crippen molar-refractivity contribution < 1.29 is 17.2 Å². The number of rotatable bonds is 4. The largest absolute Gasteiger partial charge is 0.318 e. The van der Waals surface area contributed by atoms with Crippen LogP contribution in [0, 0.1) is 11.6 Å². The fourth-order valence-corrected chi connectivity index (χ4v) is 4.14. The molecule has 1 saturated heterocycles. The number of hydrogen-bond donors (Lipinski definition) is 1. The Hall–Kier alpha value is -1.05. The molecule has 1 heterocycles. The molecule has 1 N–H and O–H groups in total. The minimum absolute atomic E-state index is 0.210. The van der Waals surface area contributed by atoms with E-state index in [1.54, 1.807) is 7.05 Å². The van der Waals surface area contributed by atoms with Crippen LogP contribution in [0.4, 0.5) is 8.78 Å². The van der Waals surface area contributed by atoms with Gasteiger partial charge in [0.2, 0.25) is 10.0 Å². The fraction of sp³-hybridized carbons (Fsp3) is 0.500. The van der Waals surface area contributed by atoms with E-state index in [0.717, 1.165) is 25.0 Å². The van der Waals surface area contributed by atoms with Crippen LogP contribution in [0.15, 0.2) is 23.1 Å². The molecule has 1 unspecified atom stereocenters.